The van der Waals surface area contributed by atoms with Gasteiger partial charge < -0.3 is 10.6 Å². The normalized spacial score (nSPS) is 10.2. The Morgan fingerprint density at radius 1 is 1.24 bits per heavy atom. The molecule has 1 aromatic heterocycles. The molecule has 2 N–H and O–H groups in total. The van der Waals surface area contributed by atoms with Crippen molar-refractivity contribution in [1.82, 2.24) is 4.98 Å². The molecule has 2 aromatic rings. The van der Waals surface area contributed by atoms with Gasteiger partial charge in [0.25, 0.3) is 5.91 Å². The van der Waals surface area contributed by atoms with Gasteiger partial charge in [-0.05, 0) is 43.2 Å². The van der Waals surface area contributed by atoms with E-state index >= 15 is 0 Å². The highest BCUT2D eigenvalue weighted by atomic mass is 16.1. The van der Waals surface area contributed by atoms with Gasteiger partial charge in [-0.3, -0.25) is 4.79 Å². The minimum atomic E-state index is -0.114. The van der Waals surface area contributed by atoms with Gasteiger partial charge in [-0.1, -0.05) is 25.5 Å². The van der Waals surface area contributed by atoms with Crippen molar-refractivity contribution in [3.63, 3.8) is 0 Å². The predicted octanol–water partition coefficient (Wildman–Crippen LogP) is 3.64. The second kappa shape index (κ2) is 6.88. The lowest BCUT2D eigenvalue weighted by atomic mass is 10.1. The van der Waals surface area contributed by atoms with Gasteiger partial charge in [0.1, 0.15) is 5.82 Å². The number of hydrogen-bond donors (Lipinski definition) is 2. The first-order valence-electron chi connectivity index (χ1n) is 7.19. The Kier molecular flexibility index (Phi) is 4.93. The van der Waals surface area contributed by atoms with Crippen LogP contribution in [0, 0.1) is 6.92 Å². The molecule has 0 saturated heterocycles. The summed E-state index contributed by atoms with van der Waals surface area (Å²) < 4.78 is 0. The van der Waals surface area contributed by atoms with Crippen molar-refractivity contribution < 1.29 is 4.79 Å². The van der Waals surface area contributed by atoms with Crippen LogP contribution in [0.25, 0.3) is 0 Å². The molecule has 1 amide bonds. The summed E-state index contributed by atoms with van der Waals surface area (Å²) in [5.41, 5.74) is 3.48. The van der Waals surface area contributed by atoms with Crippen LogP contribution >= 0.6 is 0 Å². The minimum absolute atomic E-state index is 0.114. The van der Waals surface area contributed by atoms with Crippen LogP contribution in [0.1, 0.15) is 35.0 Å². The van der Waals surface area contributed by atoms with Crippen molar-refractivity contribution in [3.8, 4) is 0 Å². The number of carbonyl (C=O) groups is 1. The molecular formula is C17H21N3O. The molecule has 1 aromatic carbocycles. The van der Waals surface area contributed by atoms with Crippen molar-refractivity contribution >= 4 is 17.4 Å². The Balaban J connectivity index is 2.23. The molecule has 2 rings (SSSR count). The molecule has 0 aliphatic rings. The second-order valence-electron chi connectivity index (χ2n) is 5.06. The summed E-state index contributed by atoms with van der Waals surface area (Å²) in [7, 11) is 1.81. The van der Waals surface area contributed by atoms with Gasteiger partial charge in [0.2, 0.25) is 0 Å². The maximum Gasteiger partial charge on any atom is 0.255 e. The van der Waals surface area contributed by atoms with E-state index in [1.165, 1.54) is 0 Å². The molecule has 1 heterocycles. The lowest BCUT2D eigenvalue weighted by molar-refractivity contribution is 0.102. The Hall–Kier alpha value is -2.36. The number of carbonyl (C=O) groups excluding carboxylic acids is 1. The van der Waals surface area contributed by atoms with Crippen LogP contribution in [0.15, 0.2) is 36.4 Å². The zero-order chi connectivity index (χ0) is 15.2. The molecule has 0 radical (unpaired) electrons. The number of nitrogens with one attached hydrogen (secondary N) is 2. The van der Waals surface area contributed by atoms with Gasteiger partial charge in [0.05, 0.1) is 0 Å². The number of rotatable bonds is 5. The first kappa shape index (κ1) is 15.0. The summed E-state index contributed by atoms with van der Waals surface area (Å²) >= 11 is 0. The number of aromatic nitrogens is 1. The van der Waals surface area contributed by atoms with E-state index in [1.807, 2.05) is 37.3 Å². The Morgan fingerprint density at radius 2 is 2.05 bits per heavy atom. The predicted molar refractivity (Wildman–Crippen MR) is 86.9 cm³/mol. The molecule has 4 nitrogen and oxygen atoms in total. The number of aryl methyl sites for hydroxylation is 2. The highest BCUT2D eigenvalue weighted by Crippen LogP contribution is 2.15. The Labute approximate surface area is 125 Å². The van der Waals surface area contributed by atoms with Crippen LogP contribution in [-0.2, 0) is 6.42 Å². The van der Waals surface area contributed by atoms with Crippen LogP contribution in [-0.4, -0.2) is 17.9 Å². The quantitative estimate of drug-likeness (QED) is 0.881. The van der Waals surface area contributed by atoms with Crippen molar-refractivity contribution in [3.05, 3.63) is 53.2 Å². The fourth-order valence-corrected chi connectivity index (χ4v) is 2.16. The first-order valence-corrected chi connectivity index (χ1v) is 7.19. The molecule has 21 heavy (non-hydrogen) atoms. The van der Waals surface area contributed by atoms with Crippen molar-refractivity contribution in [1.29, 1.82) is 0 Å². The van der Waals surface area contributed by atoms with E-state index in [1.54, 1.807) is 13.1 Å². The van der Waals surface area contributed by atoms with Gasteiger partial charge in [0, 0.05) is 24.0 Å². The summed E-state index contributed by atoms with van der Waals surface area (Å²) in [6, 6.07) is 11.4. The van der Waals surface area contributed by atoms with Crippen molar-refractivity contribution in [2.24, 2.45) is 0 Å². The number of benzene rings is 1. The Bertz CT molecular complexity index is 638. The first-order chi connectivity index (χ1) is 10.1. The molecular weight excluding hydrogens is 262 g/mol. The van der Waals surface area contributed by atoms with Crippen LogP contribution < -0.4 is 10.6 Å². The SMILES string of the molecule is CCCc1cc(C(=O)Nc2cccc(C)c2)cc(NC)n1. The van der Waals surface area contributed by atoms with Crippen molar-refractivity contribution in [2.75, 3.05) is 17.7 Å². The fraction of sp³-hybridized carbons (Fsp3) is 0.294. The third kappa shape index (κ3) is 4.05. The van der Waals surface area contributed by atoms with E-state index in [-0.39, 0.29) is 5.91 Å². The summed E-state index contributed by atoms with van der Waals surface area (Å²) in [5, 5.41) is 5.93. The van der Waals surface area contributed by atoms with E-state index in [0.717, 1.165) is 35.6 Å². The topological polar surface area (TPSA) is 54.0 Å². The molecule has 0 unspecified atom stereocenters. The molecule has 0 atom stereocenters. The average molecular weight is 283 g/mol. The summed E-state index contributed by atoms with van der Waals surface area (Å²) in [6.45, 7) is 4.10. The summed E-state index contributed by atoms with van der Waals surface area (Å²) in [6.07, 6.45) is 1.86. The van der Waals surface area contributed by atoms with Gasteiger partial charge in [-0.25, -0.2) is 4.98 Å². The maximum atomic E-state index is 12.4. The molecule has 0 fully saturated rings. The fourth-order valence-electron chi connectivity index (χ4n) is 2.16. The highest BCUT2D eigenvalue weighted by Gasteiger charge is 2.10. The monoisotopic (exact) mass is 283 g/mol. The second-order valence-corrected chi connectivity index (χ2v) is 5.06. The van der Waals surface area contributed by atoms with Gasteiger partial charge >= 0.3 is 0 Å². The highest BCUT2D eigenvalue weighted by molar-refractivity contribution is 6.04. The summed E-state index contributed by atoms with van der Waals surface area (Å²) in [4.78, 5) is 16.8. The summed E-state index contributed by atoms with van der Waals surface area (Å²) in [5.74, 6) is 0.604. The number of amides is 1. The van der Waals surface area contributed by atoms with E-state index in [9.17, 15) is 4.79 Å². The van der Waals surface area contributed by atoms with Gasteiger partial charge in [-0.15, -0.1) is 0 Å². The third-order valence-electron chi connectivity index (χ3n) is 3.18. The molecule has 0 spiro atoms. The minimum Gasteiger partial charge on any atom is -0.373 e. The van der Waals surface area contributed by atoms with E-state index in [0.29, 0.717) is 5.56 Å². The maximum absolute atomic E-state index is 12.4. The molecule has 0 aliphatic heterocycles. The van der Waals surface area contributed by atoms with Crippen LogP contribution in [0.2, 0.25) is 0 Å². The van der Waals surface area contributed by atoms with Crippen LogP contribution in [0.4, 0.5) is 11.5 Å². The van der Waals surface area contributed by atoms with Gasteiger partial charge in [-0.2, -0.15) is 0 Å². The molecule has 0 aliphatic carbocycles. The van der Waals surface area contributed by atoms with E-state index in [2.05, 4.69) is 22.5 Å². The van der Waals surface area contributed by atoms with E-state index in [4.69, 9.17) is 0 Å². The molecule has 4 heteroatoms. The number of hydrogen-bond acceptors (Lipinski definition) is 3. The molecule has 0 bridgehead atoms. The molecule has 0 saturated carbocycles. The Morgan fingerprint density at radius 3 is 2.71 bits per heavy atom. The zero-order valence-electron chi connectivity index (χ0n) is 12.7. The van der Waals surface area contributed by atoms with Crippen molar-refractivity contribution in [2.45, 2.75) is 26.7 Å². The number of pyridine rings is 1. The standard InChI is InChI=1S/C17H21N3O/c1-4-6-14-10-13(11-16(18-3)19-14)17(21)20-15-8-5-7-12(2)9-15/h5,7-11H,4,6H2,1-3H3,(H,18,19)(H,20,21). The van der Waals surface area contributed by atoms with Crippen LogP contribution in [0.3, 0.4) is 0 Å². The smallest absolute Gasteiger partial charge is 0.255 e. The third-order valence-corrected chi connectivity index (χ3v) is 3.18. The van der Waals surface area contributed by atoms with Gasteiger partial charge in [0.15, 0.2) is 0 Å². The largest absolute Gasteiger partial charge is 0.373 e. The average Bonchev–Trinajstić information content (AvgIpc) is 2.47. The zero-order valence-corrected chi connectivity index (χ0v) is 12.7. The van der Waals surface area contributed by atoms with Crippen LogP contribution in [0.5, 0.6) is 0 Å². The lowest BCUT2D eigenvalue weighted by Crippen LogP contribution is -2.13. The van der Waals surface area contributed by atoms with E-state index < -0.39 is 0 Å². The number of nitrogens with zero attached hydrogens (tertiary/aromatic N) is 1. The molecule has 110 valence electrons. The number of anilines is 2. The lowest BCUT2D eigenvalue weighted by Gasteiger charge is -2.09.